The lowest BCUT2D eigenvalue weighted by Crippen LogP contribution is -2.30. The molecule has 1 aliphatic rings. The number of amides is 2. The van der Waals surface area contributed by atoms with E-state index in [4.69, 9.17) is 11.6 Å². The molecule has 1 atom stereocenters. The molecule has 1 heterocycles. The number of benzene rings is 1. The van der Waals surface area contributed by atoms with Gasteiger partial charge in [-0.15, -0.1) is 0 Å². The van der Waals surface area contributed by atoms with Crippen LogP contribution in [0.5, 0.6) is 0 Å². The van der Waals surface area contributed by atoms with Gasteiger partial charge < -0.3 is 0 Å². The number of hydrogen-bond acceptors (Lipinski definition) is 3. The number of imide groups is 1. The Hall–Kier alpha value is -1.00. The van der Waals surface area contributed by atoms with Gasteiger partial charge in [-0.2, -0.15) is 12.6 Å². The number of thiol groups is 1. The maximum Gasteiger partial charge on any atom is 0.247 e. The molecule has 1 aromatic rings. The Morgan fingerprint density at radius 1 is 1.44 bits per heavy atom. The zero-order valence-electron chi connectivity index (χ0n) is 8.61. The summed E-state index contributed by atoms with van der Waals surface area (Å²) in [4.78, 5) is 24.4. The monoisotopic (exact) mass is 255 g/mol. The summed E-state index contributed by atoms with van der Waals surface area (Å²) >= 11 is 10.0. The van der Waals surface area contributed by atoms with Crippen LogP contribution in [0.15, 0.2) is 18.2 Å². The number of anilines is 1. The van der Waals surface area contributed by atoms with Gasteiger partial charge in [0.25, 0.3) is 0 Å². The Balaban J connectivity index is 2.41. The predicted molar refractivity (Wildman–Crippen MR) is 66.1 cm³/mol. The second kappa shape index (κ2) is 4.11. The van der Waals surface area contributed by atoms with Crippen LogP contribution in [0.1, 0.15) is 12.0 Å². The fourth-order valence-electron chi connectivity index (χ4n) is 1.61. The van der Waals surface area contributed by atoms with Crippen LogP contribution in [0, 0.1) is 6.92 Å². The van der Waals surface area contributed by atoms with Crippen LogP contribution < -0.4 is 4.90 Å². The van der Waals surface area contributed by atoms with Gasteiger partial charge in [-0.25, -0.2) is 4.90 Å². The van der Waals surface area contributed by atoms with E-state index in [1.807, 2.05) is 6.92 Å². The van der Waals surface area contributed by atoms with E-state index in [0.29, 0.717) is 10.7 Å². The van der Waals surface area contributed by atoms with Crippen molar-refractivity contribution < 1.29 is 9.59 Å². The van der Waals surface area contributed by atoms with Crippen molar-refractivity contribution in [2.24, 2.45) is 0 Å². The van der Waals surface area contributed by atoms with E-state index in [0.717, 1.165) is 10.5 Å². The Labute approximate surface area is 104 Å². The predicted octanol–water partition coefficient (Wildman–Crippen LogP) is 2.21. The van der Waals surface area contributed by atoms with Crippen molar-refractivity contribution in [2.45, 2.75) is 18.6 Å². The van der Waals surface area contributed by atoms with Gasteiger partial charge in [-0.3, -0.25) is 9.59 Å². The van der Waals surface area contributed by atoms with E-state index in [-0.39, 0.29) is 18.2 Å². The van der Waals surface area contributed by atoms with E-state index in [1.54, 1.807) is 18.2 Å². The molecule has 16 heavy (non-hydrogen) atoms. The minimum atomic E-state index is -0.535. The first-order chi connectivity index (χ1) is 7.50. The van der Waals surface area contributed by atoms with Crippen LogP contribution in [0.25, 0.3) is 0 Å². The lowest BCUT2D eigenvalue weighted by molar-refractivity contribution is -0.121. The number of aryl methyl sites for hydroxylation is 1. The van der Waals surface area contributed by atoms with Crippen molar-refractivity contribution in [3.05, 3.63) is 28.8 Å². The molecule has 0 aromatic heterocycles. The summed E-state index contributed by atoms with van der Waals surface area (Å²) in [5.74, 6) is -0.516. The van der Waals surface area contributed by atoms with Crippen molar-refractivity contribution in [1.29, 1.82) is 0 Å². The Kier molecular flexibility index (Phi) is 2.95. The molecule has 0 aliphatic carbocycles. The minimum Gasteiger partial charge on any atom is -0.274 e. The van der Waals surface area contributed by atoms with Crippen LogP contribution in [0.4, 0.5) is 5.69 Å². The van der Waals surface area contributed by atoms with E-state index in [2.05, 4.69) is 12.6 Å². The van der Waals surface area contributed by atoms with E-state index >= 15 is 0 Å². The van der Waals surface area contributed by atoms with Crippen LogP contribution in [0.3, 0.4) is 0 Å². The molecule has 84 valence electrons. The molecule has 5 heteroatoms. The third-order valence-corrected chi connectivity index (χ3v) is 3.35. The zero-order chi connectivity index (χ0) is 11.9. The molecule has 1 fully saturated rings. The summed E-state index contributed by atoms with van der Waals surface area (Å²) in [7, 11) is 0. The van der Waals surface area contributed by atoms with Crippen LogP contribution in [0.2, 0.25) is 5.02 Å². The molecule has 0 bridgehead atoms. The van der Waals surface area contributed by atoms with Crippen molar-refractivity contribution in [3.63, 3.8) is 0 Å². The van der Waals surface area contributed by atoms with Gasteiger partial charge in [-0.05, 0) is 24.6 Å². The smallest absolute Gasteiger partial charge is 0.247 e. The van der Waals surface area contributed by atoms with E-state index in [9.17, 15) is 9.59 Å². The fraction of sp³-hybridized carbons (Fsp3) is 0.273. The first-order valence-corrected chi connectivity index (χ1v) is 5.71. The normalized spacial score (nSPS) is 20.7. The maximum absolute atomic E-state index is 11.7. The lowest BCUT2D eigenvalue weighted by atomic mass is 10.2. The highest BCUT2D eigenvalue weighted by atomic mass is 35.5. The van der Waals surface area contributed by atoms with Crippen molar-refractivity contribution in [1.82, 2.24) is 0 Å². The molecule has 2 rings (SSSR count). The fourth-order valence-corrected chi connectivity index (χ4v) is 2.05. The number of hydrogen-bond donors (Lipinski definition) is 1. The molecule has 0 spiro atoms. The third kappa shape index (κ3) is 1.83. The minimum absolute atomic E-state index is 0.146. The number of halogens is 1. The van der Waals surface area contributed by atoms with Crippen molar-refractivity contribution in [2.75, 3.05) is 4.90 Å². The first-order valence-electron chi connectivity index (χ1n) is 4.81. The SMILES string of the molecule is Cc1ccc(N2C(=O)CC(S)C2=O)cc1Cl. The quantitative estimate of drug-likeness (QED) is 0.617. The molecular weight excluding hydrogens is 246 g/mol. The number of nitrogens with zero attached hydrogens (tertiary/aromatic N) is 1. The van der Waals surface area contributed by atoms with Crippen molar-refractivity contribution in [3.8, 4) is 0 Å². The molecule has 2 amide bonds. The number of carbonyl (C=O) groups excluding carboxylic acids is 2. The van der Waals surface area contributed by atoms with Gasteiger partial charge >= 0.3 is 0 Å². The highest BCUT2D eigenvalue weighted by Gasteiger charge is 2.37. The summed E-state index contributed by atoms with van der Waals surface area (Å²) in [5.41, 5.74) is 1.43. The summed E-state index contributed by atoms with van der Waals surface area (Å²) in [6.45, 7) is 1.86. The molecule has 0 N–H and O–H groups in total. The third-order valence-electron chi connectivity index (χ3n) is 2.54. The molecule has 1 aromatic carbocycles. The topological polar surface area (TPSA) is 37.4 Å². The highest BCUT2D eigenvalue weighted by molar-refractivity contribution is 7.82. The average molecular weight is 256 g/mol. The Bertz CT molecular complexity index is 475. The van der Waals surface area contributed by atoms with Crippen LogP contribution >= 0.6 is 24.2 Å². The second-order valence-electron chi connectivity index (χ2n) is 3.72. The van der Waals surface area contributed by atoms with Gasteiger partial charge in [0.05, 0.1) is 10.9 Å². The molecule has 0 saturated carbocycles. The standard InChI is InChI=1S/C11H10ClNO2S/c1-6-2-3-7(4-8(6)12)13-10(14)5-9(16)11(13)15/h2-4,9,16H,5H2,1H3. The Morgan fingerprint density at radius 3 is 2.62 bits per heavy atom. The zero-order valence-corrected chi connectivity index (χ0v) is 10.3. The van der Waals surface area contributed by atoms with E-state index < -0.39 is 5.25 Å². The lowest BCUT2D eigenvalue weighted by Gasteiger charge is -2.14. The largest absolute Gasteiger partial charge is 0.274 e. The summed E-state index contributed by atoms with van der Waals surface area (Å²) in [6, 6.07) is 5.12. The first kappa shape index (κ1) is 11.5. The molecule has 1 saturated heterocycles. The van der Waals surface area contributed by atoms with Crippen LogP contribution in [-0.2, 0) is 9.59 Å². The molecule has 3 nitrogen and oxygen atoms in total. The molecule has 0 radical (unpaired) electrons. The van der Waals surface area contributed by atoms with E-state index in [1.165, 1.54) is 0 Å². The summed E-state index contributed by atoms with van der Waals surface area (Å²) in [6.07, 6.45) is 0.146. The number of rotatable bonds is 1. The van der Waals surface area contributed by atoms with Crippen LogP contribution in [-0.4, -0.2) is 17.1 Å². The van der Waals surface area contributed by atoms with Gasteiger partial charge in [0.1, 0.15) is 0 Å². The van der Waals surface area contributed by atoms with Gasteiger partial charge in [0.15, 0.2) is 0 Å². The summed E-state index contributed by atoms with van der Waals surface area (Å²) < 4.78 is 0. The molecule has 1 aliphatic heterocycles. The van der Waals surface area contributed by atoms with Gasteiger partial charge in [0, 0.05) is 11.4 Å². The summed E-state index contributed by atoms with van der Waals surface area (Å²) in [5, 5.41) is 0.00768. The second-order valence-corrected chi connectivity index (χ2v) is 4.75. The maximum atomic E-state index is 11.7. The van der Waals surface area contributed by atoms with Gasteiger partial charge in [0.2, 0.25) is 11.8 Å². The molecule has 1 unspecified atom stereocenters. The number of carbonyl (C=O) groups is 2. The Morgan fingerprint density at radius 2 is 2.12 bits per heavy atom. The molecular formula is C11H10ClNO2S. The highest BCUT2D eigenvalue weighted by Crippen LogP contribution is 2.28. The van der Waals surface area contributed by atoms with Crippen molar-refractivity contribution >= 4 is 41.7 Å². The van der Waals surface area contributed by atoms with Gasteiger partial charge in [-0.1, -0.05) is 17.7 Å². The average Bonchev–Trinajstić information content (AvgIpc) is 2.47.